The third kappa shape index (κ3) is 7.13. The molecule has 158 valence electrons. The van der Waals surface area contributed by atoms with Gasteiger partial charge in [0.1, 0.15) is 5.75 Å². The molecule has 3 nitrogen and oxygen atoms in total. The van der Waals surface area contributed by atoms with E-state index in [1.807, 2.05) is 12.4 Å². The van der Waals surface area contributed by atoms with Crippen LogP contribution < -0.4 is 4.74 Å². The number of hydrogen-bond donors (Lipinski definition) is 0. The van der Waals surface area contributed by atoms with Crippen LogP contribution in [-0.2, 0) is 6.42 Å². The lowest BCUT2D eigenvalue weighted by molar-refractivity contribution is 0.230. The molecule has 1 aromatic carbocycles. The van der Waals surface area contributed by atoms with Gasteiger partial charge in [-0.3, -0.25) is 9.97 Å². The van der Waals surface area contributed by atoms with Crippen molar-refractivity contribution in [3.8, 4) is 17.0 Å². The van der Waals surface area contributed by atoms with Gasteiger partial charge < -0.3 is 4.74 Å². The molecule has 1 saturated carbocycles. The van der Waals surface area contributed by atoms with Gasteiger partial charge in [0.05, 0.1) is 24.2 Å². The molecule has 1 aromatic heterocycles. The normalized spacial score (nSPS) is 19.2. The molecule has 3 heteroatoms. The standard InChI is InChI=1S/C26H38N2O/c1-3-5-9-24-19-28-26(20-27-24)23-14-16-25(17-15-23)29-18-6-8-22-12-10-21(7-4-2)11-13-22/h14-17,19-22H,3-13,18H2,1-2H3/t21-,22-. The van der Waals surface area contributed by atoms with E-state index in [-0.39, 0.29) is 0 Å². The Balaban J connectivity index is 1.37. The third-order valence-corrected chi connectivity index (χ3v) is 6.33. The van der Waals surface area contributed by atoms with Crippen LogP contribution in [0.4, 0.5) is 0 Å². The average molecular weight is 395 g/mol. The van der Waals surface area contributed by atoms with E-state index in [9.17, 15) is 0 Å². The van der Waals surface area contributed by atoms with Crippen LogP contribution in [0.5, 0.6) is 5.75 Å². The third-order valence-electron chi connectivity index (χ3n) is 6.33. The van der Waals surface area contributed by atoms with Gasteiger partial charge in [-0.15, -0.1) is 0 Å². The molecule has 29 heavy (non-hydrogen) atoms. The molecule has 0 N–H and O–H groups in total. The van der Waals surface area contributed by atoms with Crippen LogP contribution in [0, 0.1) is 11.8 Å². The maximum atomic E-state index is 5.97. The van der Waals surface area contributed by atoms with Gasteiger partial charge in [0, 0.05) is 11.8 Å². The minimum Gasteiger partial charge on any atom is -0.494 e. The number of ether oxygens (including phenoxy) is 1. The van der Waals surface area contributed by atoms with Gasteiger partial charge in [-0.2, -0.15) is 0 Å². The predicted molar refractivity (Wildman–Crippen MR) is 121 cm³/mol. The molecule has 0 aliphatic heterocycles. The number of rotatable bonds is 11. The van der Waals surface area contributed by atoms with Gasteiger partial charge in [0.2, 0.25) is 0 Å². The summed E-state index contributed by atoms with van der Waals surface area (Å²) >= 11 is 0. The van der Waals surface area contributed by atoms with Crippen molar-refractivity contribution in [3.05, 3.63) is 42.4 Å². The van der Waals surface area contributed by atoms with Gasteiger partial charge in [-0.1, -0.05) is 58.8 Å². The van der Waals surface area contributed by atoms with E-state index in [2.05, 4.69) is 48.1 Å². The SMILES string of the molecule is CCCCc1cnc(-c2ccc(OCCC[C@H]3CC[C@H](CCC)CC3)cc2)cn1. The topological polar surface area (TPSA) is 35.0 Å². The average Bonchev–Trinajstić information content (AvgIpc) is 2.77. The first-order valence-corrected chi connectivity index (χ1v) is 11.8. The van der Waals surface area contributed by atoms with E-state index in [0.29, 0.717) is 0 Å². The molecule has 0 radical (unpaired) electrons. The summed E-state index contributed by atoms with van der Waals surface area (Å²) in [4.78, 5) is 9.11. The highest BCUT2D eigenvalue weighted by Crippen LogP contribution is 2.33. The van der Waals surface area contributed by atoms with E-state index in [1.165, 1.54) is 57.8 Å². The Morgan fingerprint density at radius 1 is 0.828 bits per heavy atom. The Hall–Kier alpha value is -1.90. The first kappa shape index (κ1) is 21.8. The molecule has 0 atom stereocenters. The molecular formula is C26H38N2O. The molecule has 0 saturated heterocycles. The van der Waals surface area contributed by atoms with Crippen molar-refractivity contribution in [2.24, 2.45) is 11.8 Å². The number of unbranched alkanes of at least 4 members (excludes halogenated alkanes) is 1. The molecular weight excluding hydrogens is 356 g/mol. The molecule has 1 heterocycles. The quantitative estimate of drug-likeness (QED) is 0.376. The zero-order valence-corrected chi connectivity index (χ0v) is 18.4. The summed E-state index contributed by atoms with van der Waals surface area (Å²) in [5.41, 5.74) is 3.10. The van der Waals surface area contributed by atoms with Crippen molar-refractivity contribution in [1.29, 1.82) is 0 Å². The van der Waals surface area contributed by atoms with Crippen LogP contribution in [-0.4, -0.2) is 16.6 Å². The van der Waals surface area contributed by atoms with Crippen LogP contribution in [0.3, 0.4) is 0 Å². The van der Waals surface area contributed by atoms with Gasteiger partial charge in [-0.05, 0) is 61.8 Å². The van der Waals surface area contributed by atoms with E-state index in [0.717, 1.165) is 54.0 Å². The summed E-state index contributed by atoms with van der Waals surface area (Å²) < 4.78 is 5.97. The first-order chi connectivity index (χ1) is 14.3. The molecule has 0 unspecified atom stereocenters. The Kier molecular flexibility index (Phi) is 8.98. The Labute approximate surface area is 177 Å². The van der Waals surface area contributed by atoms with Crippen LogP contribution in [0.2, 0.25) is 0 Å². The summed E-state index contributed by atoms with van der Waals surface area (Å²) in [5.74, 6) is 2.88. The van der Waals surface area contributed by atoms with Gasteiger partial charge >= 0.3 is 0 Å². The molecule has 1 aliphatic rings. The minimum absolute atomic E-state index is 0.820. The molecule has 3 rings (SSSR count). The fraction of sp³-hybridized carbons (Fsp3) is 0.615. The number of hydrogen-bond acceptors (Lipinski definition) is 3. The monoisotopic (exact) mass is 394 g/mol. The lowest BCUT2D eigenvalue weighted by Gasteiger charge is -2.28. The lowest BCUT2D eigenvalue weighted by Crippen LogP contribution is -2.15. The highest BCUT2D eigenvalue weighted by molar-refractivity contribution is 5.58. The van der Waals surface area contributed by atoms with Crippen LogP contribution in [0.15, 0.2) is 36.7 Å². The van der Waals surface area contributed by atoms with E-state index in [1.54, 1.807) is 0 Å². The smallest absolute Gasteiger partial charge is 0.119 e. The van der Waals surface area contributed by atoms with Gasteiger partial charge in [-0.25, -0.2) is 0 Å². The molecule has 0 bridgehead atoms. The van der Waals surface area contributed by atoms with Crippen molar-refractivity contribution in [2.45, 2.75) is 84.5 Å². The van der Waals surface area contributed by atoms with Crippen LogP contribution in [0.1, 0.15) is 83.7 Å². The minimum atomic E-state index is 0.820. The number of aryl methyl sites for hydroxylation is 1. The summed E-state index contributed by atoms with van der Waals surface area (Å²) in [7, 11) is 0. The van der Waals surface area contributed by atoms with E-state index < -0.39 is 0 Å². The summed E-state index contributed by atoms with van der Waals surface area (Å²) in [5, 5.41) is 0. The summed E-state index contributed by atoms with van der Waals surface area (Å²) in [6, 6.07) is 8.27. The van der Waals surface area contributed by atoms with Crippen molar-refractivity contribution in [2.75, 3.05) is 6.61 Å². The maximum absolute atomic E-state index is 5.97. The predicted octanol–water partition coefficient (Wildman–Crippen LogP) is 7.25. The Morgan fingerprint density at radius 3 is 2.17 bits per heavy atom. The van der Waals surface area contributed by atoms with Gasteiger partial charge in [0.15, 0.2) is 0 Å². The highest BCUT2D eigenvalue weighted by Gasteiger charge is 2.20. The molecule has 1 fully saturated rings. The Morgan fingerprint density at radius 2 is 1.55 bits per heavy atom. The first-order valence-electron chi connectivity index (χ1n) is 11.8. The van der Waals surface area contributed by atoms with Crippen molar-refractivity contribution < 1.29 is 4.74 Å². The highest BCUT2D eigenvalue weighted by atomic mass is 16.5. The molecule has 0 spiro atoms. The lowest BCUT2D eigenvalue weighted by atomic mass is 9.78. The summed E-state index contributed by atoms with van der Waals surface area (Å²) in [6.45, 7) is 5.33. The fourth-order valence-corrected chi connectivity index (χ4v) is 4.49. The van der Waals surface area contributed by atoms with Crippen LogP contribution in [0.25, 0.3) is 11.3 Å². The number of benzene rings is 1. The zero-order chi connectivity index (χ0) is 20.3. The van der Waals surface area contributed by atoms with Crippen molar-refractivity contribution in [1.82, 2.24) is 9.97 Å². The zero-order valence-electron chi connectivity index (χ0n) is 18.4. The van der Waals surface area contributed by atoms with Crippen molar-refractivity contribution >= 4 is 0 Å². The van der Waals surface area contributed by atoms with E-state index >= 15 is 0 Å². The Bertz CT molecular complexity index is 688. The number of aromatic nitrogens is 2. The second-order valence-electron chi connectivity index (χ2n) is 8.69. The van der Waals surface area contributed by atoms with E-state index in [4.69, 9.17) is 4.74 Å². The second-order valence-corrected chi connectivity index (χ2v) is 8.69. The summed E-state index contributed by atoms with van der Waals surface area (Å²) in [6.07, 6.45) is 18.2. The molecule has 1 aliphatic carbocycles. The largest absolute Gasteiger partial charge is 0.494 e. The van der Waals surface area contributed by atoms with Gasteiger partial charge in [0.25, 0.3) is 0 Å². The van der Waals surface area contributed by atoms with Crippen LogP contribution >= 0.6 is 0 Å². The fourth-order valence-electron chi connectivity index (χ4n) is 4.49. The molecule has 0 amide bonds. The maximum Gasteiger partial charge on any atom is 0.119 e. The van der Waals surface area contributed by atoms with Crippen molar-refractivity contribution in [3.63, 3.8) is 0 Å². The molecule has 2 aromatic rings. The number of nitrogens with zero attached hydrogens (tertiary/aromatic N) is 2. The second kappa shape index (κ2) is 11.9.